The molecule has 0 spiro atoms. The lowest BCUT2D eigenvalue weighted by Crippen LogP contribution is -2.39. The van der Waals surface area contributed by atoms with Gasteiger partial charge in [-0.25, -0.2) is 0 Å². The van der Waals surface area contributed by atoms with Crippen molar-refractivity contribution in [1.29, 1.82) is 0 Å². The molecule has 6 heteroatoms. The number of carbonyl (C=O) groups is 2. The minimum absolute atomic E-state index is 0.115. The van der Waals surface area contributed by atoms with Crippen LogP contribution in [0.3, 0.4) is 0 Å². The van der Waals surface area contributed by atoms with Crippen molar-refractivity contribution in [2.75, 3.05) is 39.3 Å². The standard InChI is InChI=1S/C18H26N4O2/c1-2-21-14-16(11-17(21)23)18(24)22-8-4-7-20(9-10-22)13-15-5-3-6-19-12-15/h3,5-6,12,16H,2,4,7-11,13-14H2,1H3/t16-/m1/s1. The number of hydrogen-bond donors (Lipinski definition) is 0. The van der Waals surface area contributed by atoms with E-state index >= 15 is 0 Å². The average Bonchev–Trinajstić information content (AvgIpc) is 2.83. The lowest BCUT2D eigenvalue weighted by molar-refractivity contribution is -0.135. The van der Waals surface area contributed by atoms with E-state index in [1.165, 1.54) is 5.56 Å². The first kappa shape index (κ1) is 16.9. The molecule has 3 heterocycles. The van der Waals surface area contributed by atoms with Crippen LogP contribution < -0.4 is 0 Å². The van der Waals surface area contributed by atoms with Crippen LogP contribution in [0.1, 0.15) is 25.3 Å². The summed E-state index contributed by atoms with van der Waals surface area (Å²) in [5.41, 5.74) is 1.21. The van der Waals surface area contributed by atoms with E-state index in [1.807, 2.05) is 24.1 Å². The van der Waals surface area contributed by atoms with E-state index in [0.717, 1.165) is 39.1 Å². The number of likely N-dealkylation sites (tertiary alicyclic amines) is 1. The molecular formula is C18H26N4O2. The van der Waals surface area contributed by atoms with Gasteiger partial charge in [0, 0.05) is 64.6 Å². The minimum Gasteiger partial charge on any atom is -0.342 e. The van der Waals surface area contributed by atoms with E-state index < -0.39 is 0 Å². The van der Waals surface area contributed by atoms with Crippen molar-refractivity contribution in [3.05, 3.63) is 30.1 Å². The van der Waals surface area contributed by atoms with Crippen LogP contribution in [0.5, 0.6) is 0 Å². The van der Waals surface area contributed by atoms with Crippen LogP contribution in [0.15, 0.2) is 24.5 Å². The highest BCUT2D eigenvalue weighted by Crippen LogP contribution is 2.21. The number of aromatic nitrogens is 1. The first-order valence-electron chi connectivity index (χ1n) is 8.85. The van der Waals surface area contributed by atoms with Crippen LogP contribution in [-0.2, 0) is 16.1 Å². The molecule has 1 aromatic heterocycles. The largest absolute Gasteiger partial charge is 0.342 e. The Bertz CT molecular complexity index is 578. The van der Waals surface area contributed by atoms with Crippen molar-refractivity contribution in [3.63, 3.8) is 0 Å². The molecular weight excluding hydrogens is 304 g/mol. The summed E-state index contributed by atoms with van der Waals surface area (Å²) in [6, 6.07) is 4.05. The van der Waals surface area contributed by atoms with Gasteiger partial charge < -0.3 is 9.80 Å². The zero-order valence-corrected chi connectivity index (χ0v) is 14.4. The Morgan fingerprint density at radius 2 is 2.17 bits per heavy atom. The molecule has 2 aliphatic rings. The molecule has 2 aliphatic heterocycles. The summed E-state index contributed by atoms with van der Waals surface area (Å²) in [5, 5.41) is 0. The van der Waals surface area contributed by atoms with Gasteiger partial charge in [-0.05, 0) is 25.0 Å². The SMILES string of the molecule is CCN1C[C@H](C(=O)N2CCCN(Cc3cccnc3)CC2)CC1=O. The van der Waals surface area contributed by atoms with Crippen LogP contribution in [0.4, 0.5) is 0 Å². The Kier molecular flexibility index (Phi) is 5.45. The van der Waals surface area contributed by atoms with E-state index in [4.69, 9.17) is 0 Å². The molecule has 2 fully saturated rings. The molecule has 1 atom stereocenters. The Morgan fingerprint density at radius 1 is 1.29 bits per heavy atom. The van der Waals surface area contributed by atoms with Gasteiger partial charge in [-0.15, -0.1) is 0 Å². The number of amides is 2. The summed E-state index contributed by atoms with van der Waals surface area (Å²) in [7, 11) is 0. The number of hydrogen-bond acceptors (Lipinski definition) is 4. The predicted molar refractivity (Wildman–Crippen MR) is 91.1 cm³/mol. The van der Waals surface area contributed by atoms with E-state index in [2.05, 4.69) is 16.0 Å². The Balaban J connectivity index is 1.53. The Hall–Kier alpha value is -1.95. The van der Waals surface area contributed by atoms with Gasteiger partial charge in [0.2, 0.25) is 11.8 Å². The van der Waals surface area contributed by atoms with Crippen LogP contribution in [0, 0.1) is 5.92 Å². The fourth-order valence-electron chi connectivity index (χ4n) is 3.60. The highest BCUT2D eigenvalue weighted by atomic mass is 16.2. The maximum Gasteiger partial charge on any atom is 0.228 e. The minimum atomic E-state index is -0.151. The molecule has 0 bridgehead atoms. The van der Waals surface area contributed by atoms with Crippen LogP contribution in [-0.4, -0.2) is 70.8 Å². The highest BCUT2D eigenvalue weighted by molar-refractivity contribution is 5.89. The van der Waals surface area contributed by atoms with Gasteiger partial charge in [0.15, 0.2) is 0 Å². The van der Waals surface area contributed by atoms with Gasteiger partial charge in [0.05, 0.1) is 5.92 Å². The number of rotatable bonds is 4. The van der Waals surface area contributed by atoms with E-state index in [1.54, 1.807) is 11.1 Å². The molecule has 0 unspecified atom stereocenters. The van der Waals surface area contributed by atoms with Crippen molar-refractivity contribution >= 4 is 11.8 Å². The molecule has 2 saturated heterocycles. The smallest absolute Gasteiger partial charge is 0.228 e. The van der Waals surface area contributed by atoms with Crippen LogP contribution in [0.2, 0.25) is 0 Å². The molecule has 0 saturated carbocycles. The third-order valence-electron chi connectivity index (χ3n) is 4.97. The lowest BCUT2D eigenvalue weighted by Gasteiger charge is -2.24. The molecule has 0 N–H and O–H groups in total. The van der Waals surface area contributed by atoms with E-state index in [0.29, 0.717) is 19.5 Å². The van der Waals surface area contributed by atoms with Crippen molar-refractivity contribution in [3.8, 4) is 0 Å². The quantitative estimate of drug-likeness (QED) is 0.826. The first-order chi connectivity index (χ1) is 11.7. The summed E-state index contributed by atoms with van der Waals surface area (Å²) < 4.78 is 0. The molecule has 1 aromatic rings. The highest BCUT2D eigenvalue weighted by Gasteiger charge is 2.36. The van der Waals surface area contributed by atoms with Crippen LogP contribution in [0.25, 0.3) is 0 Å². The second kappa shape index (κ2) is 7.75. The van der Waals surface area contributed by atoms with Crippen molar-refractivity contribution in [2.45, 2.75) is 26.3 Å². The summed E-state index contributed by atoms with van der Waals surface area (Å²) >= 11 is 0. The second-order valence-corrected chi connectivity index (χ2v) is 6.65. The van der Waals surface area contributed by atoms with Crippen LogP contribution >= 0.6 is 0 Å². The zero-order chi connectivity index (χ0) is 16.9. The first-order valence-corrected chi connectivity index (χ1v) is 8.85. The summed E-state index contributed by atoms with van der Waals surface area (Å²) in [6.45, 7) is 7.53. The fourth-order valence-corrected chi connectivity index (χ4v) is 3.60. The molecule has 2 amide bonds. The molecule has 0 radical (unpaired) electrons. The molecule has 24 heavy (non-hydrogen) atoms. The van der Waals surface area contributed by atoms with E-state index in [9.17, 15) is 9.59 Å². The molecule has 3 rings (SSSR count). The van der Waals surface area contributed by atoms with Gasteiger partial charge in [0.1, 0.15) is 0 Å². The van der Waals surface area contributed by atoms with Gasteiger partial charge >= 0.3 is 0 Å². The normalized spacial score (nSPS) is 22.7. The van der Waals surface area contributed by atoms with Crippen molar-refractivity contribution in [2.24, 2.45) is 5.92 Å². The molecule has 0 aromatic carbocycles. The third kappa shape index (κ3) is 3.93. The zero-order valence-electron chi connectivity index (χ0n) is 14.4. The van der Waals surface area contributed by atoms with Crippen molar-refractivity contribution < 1.29 is 9.59 Å². The molecule has 130 valence electrons. The Morgan fingerprint density at radius 3 is 2.88 bits per heavy atom. The maximum absolute atomic E-state index is 12.7. The Labute approximate surface area is 143 Å². The summed E-state index contributed by atoms with van der Waals surface area (Å²) in [4.78, 5) is 34.9. The topological polar surface area (TPSA) is 56.8 Å². The van der Waals surface area contributed by atoms with Gasteiger partial charge in [-0.2, -0.15) is 0 Å². The number of carbonyl (C=O) groups excluding carboxylic acids is 2. The number of nitrogens with zero attached hydrogens (tertiary/aromatic N) is 4. The summed E-state index contributed by atoms with van der Waals surface area (Å²) in [6.07, 6.45) is 5.04. The fraction of sp³-hybridized carbons (Fsp3) is 0.611. The molecule has 6 nitrogen and oxygen atoms in total. The average molecular weight is 330 g/mol. The van der Waals surface area contributed by atoms with E-state index in [-0.39, 0.29) is 17.7 Å². The monoisotopic (exact) mass is 330 g/mol. The molecule has 0 aliphatic carbocycles. The van der Waals surface area contributed by atoms with Gasteiger partial charge in [-0.3, -0.25) is 19.5 Å². The second-order valence-electron chi connectivity index (χ2n) is 6.65. The van der Waals surface area contributed by atoms with Gasteiger partial charge in [-0.1, -0.05) is 6.07 Å². The third-order valence-corrected chi connectivity index (χ3v) is 4.97. The maximum atomic E-state index is 12.7. The summed E-state index contributed by atoms with van der Waals surface area (Å²) in [5.74, 6) is 0.119. The lowest BCUT2D eigenvalue weighted by atomic mass is 10.1. The van der Waals surface area contributed by atoms with Crippen molar-refractivity contribution in [1.82, 2.24) is 19.7 Å². The van der Waals surface area contributed by atoms with Gasteiger partial charge in [0.25, 0.3) is 0 Å². The predicted octanol–water partition coefficient (Wildman–Crippen LogP) is 0.984. The number of pyridine rings is 1.